The smallest absolute Gasteiger partial charge is 0.191 e. The molecule has 0 aliphatic heterocycles. The highest BCUT2D eigenvalue weighted by Gasteiger charge is 2.13. The van der Waals surface area contributed by atoms with E-state index in [1.165, 1.54) is 44.3 Å². The van der Waals surface area contributed by atoms with Crippen molar-refractivity contribution < 1.29 is 0 Å². The molecule has 0 aromatic heterocycles. The average molecular weight is 371 g/mol. The van der Waals surface area contributed by atoms with Gasteiger partial charge in [-0.25, -0.2) is 0 Å². The Bertz CT molecular complexity index is 206. The number of rotatable bonds is 5. The van der Waals surface area contributed by atoms with E-state index in [-0.39, 0.29) is 24.0 Å². The molecule has 1 aliphatic rings. The lowest BCUT2D eigenvalue weighted by Gasteiger charge is -2.24. The minimum atomic E-state index is 0. The molecule has 0 atom stereocenters. The van der Waals surface area contributed by atoms with Crippen LogP contribution in [0.1, 0.15) is 38.5 Å². The van der Waals surface area contributed by atoms with Gasteiger partial charge in [0.05, 0.1) is 0 Å². The molecule has 1 aliphatic carbocycles. The number of hydrogen-bond acceptors (Lipinski definition) is 2. The molecule has 102 valence electrons. The Morgan fingerprint density at radius 3 is 2.59 bits per heavy atom. The third-order valence-corrected chi connectivity index (χ3v) is 3.68. The zero-order chi connectivity index (χ0) is 11.6. The molecule has 5 heteroatoms. The quantitative estimate of drug-likeness (QED) is 0.338. The first-order valence-electron chi connectivity index (χ1n) is 6.33. The summed E-state index contributed by atoms with van der Waals surface area (Å²) in [6.07, 6.45) is 10.1. The highest BCUT2D eigenvalue weighted by Crippen LogP contribution is 2.17. The van der Waals surface area contributed by atoms with Crippen LogP contribution < -0.4 is 10.6 Å². The minimum absolute atomic E-state index is 0. The van der Waals surface area contributed by atoms with Crippen LogP contribution in [0.4, 0.5) is 0 Å². The van der Waals surface area contributed by atoms with Gasteiger partial charge >= 0.3 is 0 Å². The summed E-state index contributed by atoms with van der Waals surface area (Å²) in [5.74, 6) is 2.20. The second-order valence-electron chi connectivity index (χ2n) is 4.32. The number of thioether (sulfide) groups is 1. The molecule has 0 aromatic rings. The van der Waals surface area contributed by atoms with Crippen LogP contribution in [0.25, 0.3) is 0 Å². The summed E-state index contributed by atoms with van der Waals surface area (Å²) in [6.45, 7) is 1.02. The van der Waals surface area contributed by atoms with Crippen LogP contribution in [-0.4, -0.2) is 37.6 Å². The van der Waals surface area contributed by atoms with E-state index < -0.39 is 0 Å². The van der Waals surface area contributed by atoms with Gasteiger partial charge in [-0.15, -0.1) is 24.0 Å². The van der Waals surface area contributed by atoms with Gasteiger partial charge in [-0.05, 0) is 31.3 Å². The Morgan fingerprint density at radius 2 is 2.00 bits per heavy atom. The second kappa shape index (κ2) is 11.4. The second-order valence-corrected chi connectivity index (χ2v) is 5.31. The van der Waals surface area contributed by atoms with Crippen molar-refractivity contribution in [1.29, 1.82) is 0 Å². The predicted octanol–water partition coefficient (Wildman–Crippen LogP) is 2.86. The molecule has 1 saturated carbocycles. The summed E-state index contributed by atoms with van der Waals surface area (Å²) in [4.78, 5) is 4.27. The fraction of sp³-hybridized carbons (Fsp3) is 0.917. The van der Waals surface area contributed by atoms with Crippen LogP contribution in [0.5, 0.6) is 0 Å². The van der Waals surface area contributed by atoms with Crippen LogP contribution in [-0.2, 0) is 0 Å². The van der Waals surface area contributed by atoms with Gasteiger partial charge in [0.25, 0.3) is 0 Å². The van der Waals surface area contributed by atoms with E-state index in [1.807, 2.05) is 18.8 Å². The van der Waals surface area contributed by atoms with E-state index >= 15 is 0 Å². The molecule has 17 heavy (non-hydrogen) atoms. The van der Waals surface area contributed by atoms with Crippen LogP contribution in [0.2, 0.25) is 0 Å². The average Bonchev–Trinajstić information content (AvgIpc) is 2.34. The van der Waals surface area contributed by atoms with Gasteiger partial charge in [0.1, 0.15) is 0 Å². The maximum Gasteiger partial charge on any atom is 0.191 e. The molecule has 0 bridgehead atoms. The van der Waals surface area contributed by atoms with E-state index in [0.29, 0.717) is 6.04 Å². The van der Waals surface area contributed by atoms with Gasteiger partial charge < -0.3 is 10.6 Å². The molecular weight excluding hydrogens is 345 g/mol. The number of nitrogens with one attached hydrogen (secondary N) is 2. The fourth-order valence-corrected chi connectivity index (χ4v) is 2.49. The predicted molar refractivity (Wildman–Crippen MR) is 89.8 cm³/mol. The van der Waals surface area contributed by atoms with Gasteiger partial charge in [0.15, 0.2) is 5.96 Å². The lowest BCUT2D eigenvalue weighted by molar-refractivity contribution is 0.410. The molecule has 0 radical (unpaired) electrons. The van der Waals surface area contributed by atoms with Gasteiger partial charge in [-0.1, -0.05) is 19.3 Å². The molecule has 1 rings (SSSR count). The molecule has 0 unspecified atom stereocenters. The third kappa shape index (κ3) is 8.13. The summed E-state index contributed by atoms with van der Waals surface area (Å²) in [5.41, 5.74) is 0. The number of hydrogen-bond donors (Lipinski definition) is 2. The van der Waals surface area contributed by atoms with Gasteiger partial charge in [-0.2, -0.15) is 11.8 Å². The molecule has 0 aromatic carbocycles. The number of aliphatic imine (C=N–C) groups is 1. The molecule has 1 fully saturated rings. The standard InChI is InChI=1S/C12H25N3S.HI/c1-13-12(14-9-6-10-16-2)15-11-7-4-3-5-8-11;/h11H,3-10H2,1-2H3,(H2,13,14,15);1H. The number of nitrogens with zero attached hydrogens (tertiary/aromatic N) is 1. The van der Waals surface area contributed by atoms with E-state index in [9.17, 15) is 0 Å². The van der Waals surface area contributed by atoms with Crippen LogP contribution >= 0.6 is 35.7 Å². The zero-order valence-corrected chi connectivity index (χ0v) is 14.1. The maximum atomic E-state index is 4.27. The Hall–Kier alpha value is 0.350. The van der Waals surface area contributed by atoms with Gasteiger partial charge in [0.2, 0.25) is 0 Å². The monoisotopic (exact) mass is 371 g/mol. The van der Waals surface area contributed by atoms with Crippen molar-refractivity contribution in [2.75, 3.05) is 25.6 Å². The molecule has 2 N–H and O–H groups in total. The van der Waals surface area contributed by atoms with Crippen molar-refractivity contribution in [3.8, 4) is 0 Å². The summed E-state index contributed by atoms with van der Waals surface area (Å²) >= 11 is 1.90. The SMILES string of the molecule is CN=C(NCCCSC)NC1CCCCC1.I. The van der Waals surface area contributed by atoms with Crippen molar-refractivity contribution in [2.45, 2.75) is 44.6 Å². The Balaban J connectivity index is 0.00000256. The van der Waals surface area contributed by atoms with Crippen LogP contribution in [0.15, 0.2) is 4.99 Å². The number of guanidine groups is 1. The topological polar surface area (TPSA) is 36.4 Å². The number of halogens is 1. The molecular formula is C12H26IN3S. The fourth-order valence-electron chi connectivity index (χ4n) is 2.06. The minimum Gasteiger partial charge on any atom is -0.356 e. The normalized spacial score (nSPS) is 17.4. The van der Waals surface area contributed by atoms with E-state index in [0.717, 1.165) is 12.5 Å². The first-order valence-corrected chi connectivity index (χ1v) is 7.72. The summed E-state index contributed by atoms with van der Waals surface area (Å²) < 4.78 is 0. The lowest BCUT2D eigenvalue weighted by Crippen LogP contribution is -2.44. The summed E-state index contributed by atoms with van der Waals surface area (Å²) in [6, 6.07) is 0.639. The molecule has 0 amide bonds. The van der Waals surface area contributed by atoms with Crippen molar-refractivity contribution in [3.63, 3.8) is 0 Å². The van der Waals surface area contributed by atoms with Crippen molar-refractivity contribution in [1.82, 2.24) is 10.6 Å². The van der Waals surface area contributed by atoms with Crippen molar-refractivity contribution in [2.24, 2.45) is 4.99 Å². The van der Waals surface area contributed by atoms with Gasteiger partial charge in [0, 0.05) is 19.6 Å². The first-order chi connectivity index (χ1) is 7.86. The van der Waals surface area contributed by atoms with Crippen molar-refractivity contribution in [3.05, 3.63) is 0 Å². The van der Waals surface area contributed by atoms with Crippen molar-refractivity contribution >= 4 is 41.7 Å². The zero-order valence-electron chi connectivity index (χ0n) is 11.0. The third-order valence-electron chi connectivity index (χ3n) is 2.99. The van der Waals surface area contributed by atoms with E-state index in [2.05, 4.69) is 21.9 Å². The Kier molecular flexibility index (Phi) is 11.7. The highest BCUT2D eigenvalue weighted by atomic mass is 127. The Labute approximate surface area is 127 Å². The Morgan fingerprint density at radius 1 is 1.29 bits per heavy atom. The first kappa shape index (κ1) is 17.4. The summed E-state index contributed by atoms with van der Waals surface area (Å²) in [5, 5.41) is 6.89. The molecule has 3 nitrogen and oxygen atoms in total. The maximum absolute atomic E-state index is 4.27. The van der Waals surface area contributed by atoms with E-state index in [1.54, 1.807) is 0 Å². The molecule has 0 heterocycles. The van der Waals surface area contributed by atoms with Crippen LogP contribution in [0.3, 0.4) is 0 Å². The van der Waals surface area contributed by atoms with Gasteiger partial charge in [-0.3, -0.25) is 4.99 Å². The summed E-state index contributed by atoms with van der Waals surface area (Å²) in [7, 11) is 1.85. The van der Waals surface area contributed by atoms with Crippen LogP contribution in [0, 0.1) is 0 Å². The molecule has 0 spiro atoms. The molecule has 0 saturated heterocycles. The lowest BCUT2D eigenvalue weighted by atomic mass is 9.96. The highest BCUT2D eigenvalue weighted by molar-refractivity contribution is 14.0. The largest absolute Gasteiger partial charge is 0.356 e. The van der Waals surface area contributed by atoms with E-state index in [4.69, 9.17) is 0 Å².